The fourth-order valence-electron chi connectivity index (χ4n) is 13.1. The first-order valence-electron chi connectivity index (χ1n) is 18.6. The summed E-state index contributed by atoms with van der Waals surface area (Å²) in [5.41, 5.74) is 4.97. The standard InChI is InChI=1S/C41H61NO4S/c1-9-47(44,45)26-10-25-42-41-22-17-31(28(2)3)36(41)33-15-16-35-38(6)20-18-32(29-11-13-30(14-12-29)46-27-43)37(4,5)34(38)19-21-40(35,8)39(33,7)23-24-41/h11-14,18,27,31,33-36,42H,2,9-10,15-17,19-26H2,1,3-8H3/t31-,33+,34-,35+,36+,38-,39+,40+,41-/m0/s1. The molecule has 1 aromatic rings. The van der Waals surface area contributed by atoms with Gasteiger partial charge in [0.2, 0.25) is 0 Å². The molecular formula is C41H61NO4S. The van der Waals surface area contributed by atoms with Crippen molar-refractivity contribution in [2.75, 3.05) is 18.1 Å². The quantitative estimate of drug-likeness (QED) is 0.154. The maximum absolute atomic E-state index is 12.2. The van der Waals surface area contributed by atoms with E-state index in [0.717, 1.165) is 13.0 Å². The van der Waals surface area contributed by atoms with Crippen LogP contribution in [0.15, 0.2) is 42.5 Å². The first-order chi connectivity index (χ1) is 22.1. The Kier molecular flexibility index (Phi) is 9.02. The summed E-state index contributed by atoms with van der Waals surface area (Å²) in [6.45, 7) is 22.9. The zero-order valence-electron chi connectivity index (χ0n) is 30.3. The van der Waals surface area contributed by atoms with Gasteiger partial charge in [0.15, 0.2) is 0 Å². The molecule has 260 valence electrons. The molecule has 0 bridgehead atoms. The lowest BCUT2D eigenvalue weighted by Crippen LogP contribution is -2.68. The molecule has 5 nitrogen and oxygen atoms in total. The van der Waals surface area contributed by atoms with Gasteiger partial charge < -0.3 is 10.1 Å². The van der Waals surface area contributed by atoms with Gasteiger partial charge in [0.05, 0.1) is 5.75 Å². The molecule has 0 aliphatic heterocycles. The Morgan fingerprint density at radius 1 is 0.957 bits per heavy atom. The average molecular weight is 664 g/mol. The molecule has 47 heavy (non-hydrogen) atoms. The van der Waals surface area contributed by atoms with E-state index in [-0.39, 0.29) is 38.7 Å². The molecule has 6 heteroatoms. The van der Waals surface area contributed by atoms with E-state index >= 15 is 0 Å². The Morgan fingerprint density at radius 3 is 2.34 bits per heavy atom. The minimum Gasteiger partial charge on any atom is -0.429 e. The summed E-state index contributed by atoms with van der Waals surface area (Å²) >= 11 is 0. The first kappa shape index (κ1) is 34.9. The minimum atomic E-state index is -2.94. The second kappa shape index (κ2) is 12.1. The fourth-order valence-corrected chi connectivity index (χ4v) is 14.0. The predicted octanol–water partition coefficient (Wildman–Crippen LogP) is 9.04. The molecule has 5 aliphatic rings. The number of carbonyl (C=O) groups is 1. The van der Waals surface area contributed by atoms with E-state index in [0.29, 0.717) is 48.2 Å². The fraction of sp³-hybridized carbons (Fsp3) is 0.732. The molecule has 4 fully saturated rings. The summed E-state index contributed by atoms with van der Waals surface area (Å²) in [5.74, 6) is 4.17. The number of sulfone groups is 1. The second-order valence-corrected chi connectivity index (χ2v) is 20.1. The third-order valence-corrected chi connectivity index (χ3v) is 17.3. The van der Waals surface area contributed by atoms with Gasteiger partial charge in [-0.05, 0) is 152 Å². The Labute approximate surface area is 285 Å². The number of rotatable bonds is 10. The van der Waals surface area contributed by atoms with Gasteiger partial charge >= 0.3 is 0 Å². The number of allylic oxidation sites excluding steroid dienone is 3. The van der Waals surface area contributed by atoms with Crippen LogP contribution >= 0.6 is 0 Å². The molecule has 9 atom stereocenters. The van der Waals surface area contributed by atoms with Crippen LogP contribution in [0.25, 0.3) is 5.57 Å². The molecule has 0 spiro atoms. The molecular weight excluding hydrogens is 603 g/mol. The Bertz CT molecular complexity index is 1510. The van der Waals surface area contributed by atoms with Crippen LogP contribution in [0, 0.1) is 51.2 Å². The normalized spacial score (nSPS) is 40.7. The molecule has 0 saturated heterocycles. The van der Waals surface area contributed by atoms with Crippen LogP contribution in [-0.2, 0) is 14.6 Å². The van der Waals surface area contributed by atoms with E-state index in [1.54, 1.807) is 6.92 Å². The SMILES string of the molecule is C=C(C)[C@@H]1CC[C@]2(NCCCS(=O)(=O)CC)CC[C@]3(C)[C@H](CC[C@@H]4[C@@]5(C)CC=C(c6ccc(OC=O)cc6)C(C)(C)[C@@H]5CC[C@]43C)[C@@H]12. The van der Waals surface area contributed by atoms with Gasteiger partial charge in [0.25, 0.3) is 6.47 Å². The van der Waals surface area contributed by atoms with Crippen molar-refractivity contribution >= 4 is 21.9 Å². The number of hydrogen-bond acceptors (Lipinski definition) is 5. The van der Waals surface area contributed by atoms with Crippen molar-refractivity contribution < 1.29 is 17.9 Å². The van der Waals surface area contributed by atoms with Gasteiger partial charge in [-0.2, -0.15) is 0 Å². The highest BCUT2D eigenvalue weighted by atomic mass is 32.2. The summed E-state index contributed by atoms with van der Waals surface area (Å²) in [5, 5.41) is 4.07. The van der Waals surface area contributed by atoms with Crippen LogP contribution in [0.2, 0.25) is 0 Å². The van der Waals surface area contributed by atoms with Gasteiger partial charge in [-0.15, -0.1) is 0 Å². The molecule has 0 heterocycles. The lowest BCUT2D eigenvalue weighted by molar-refractivity contribution is -0.219. The molecule has 1 N–H and O–H groups in total. The lowest BCUT2D eigenvalue weighted by atomic mass is 9.33. The molecule has 0 radical (unpaired) electrons. The van der Waals surface area contributed by atoms with Crippen molar-refractivity contribution in [2.45, 2.75) is 118 Å². The Hall–Kier alpha value is -1.92. The van der Waals surface area contributed by atoms with Crippen LogP contribution in [0.5, 0.6) is 5.75 Å². The number of carbonyl (C=O) groups excluding carboxylic acids is 1. The van der Waals surface area contributed by atoms with Gasteiger partial charge in [-0.1, -0.05) is 71.9 Å². The zero-order chi connectivity index (χ0) is 34.0. The summed E-state index contributed by atoms with van der Waals surface area (Å²) in [4.78, 5) is 10.9. The van der Waals surface area contributed by atoms with Crippen molar-refractivity contribution in [3.05, 3.63) is 48.1 Å². The molecule has 5 aliphatic carbocycles. The van der Waals surface area contributed by atoms with E-state index in [2.05, 4.69) is 71.6 Å². The van der Waals surface area contributed by atoms with E-state index in [4.69, 9.17) is 4.74 Å². The summed E-state index contributed by atoms with van der Waals surface area (Å²) in [6, 6.07) is 8.08. The van der Waals surface area contributed by atoms with Crippen LogP contribution in [-0.4, -0.2) is 38.5 Å². The number of hydrogen-bond donors (Lipinski definition) is 1. The third kappa shape index (κ3) is 5.41. The lowest BCUT2D eigenvalue weighted by Gasteiger charge is -2.72. The van der Waals surface area contributed by atoms with Crippen molar-refractivity contribution in [1.29, 1.82) is 0 Å². The summed E-state index contributed by atoms with van der Waals surface area (Å²) in [6.07, 6.45) is 14.3. The van der Waals surface area contributed by atoms with Crippen LogP contribution in [0.1, 0.15) is 118 Å². The number of fused-ring (bicyclic) bond motifs is 7. The van der Waals surface area contributed by atoms with Gasteiger partial charge in [0, 0.05) is 11.3 Å². The van der Waals surface area contributed by atoms with E-state index in [1.807, 2.05) is 12.1 Å². The molecule has 4 saturated carbocycles. The van der Waals surface area contributed by atoms with E-state index in [1.165, 1.54) is 68.1 Å². The highest BCUT2D eigenvalue weighted by Gasteiger charge is 2.70. The summed E-state index contributed by atoms with van der Waals surface area (Å²) < 4.78 is 29.6. The molecule has 1 aromatic carbocycles. The predicted molar refractivity (Wildman–Crippen MR) is 193 cm³/mol. The van der Waals surface area contributed by atoms with Crippen molar-refractivity contribution in [2.24, 2.45) is 51.2 Å². The molecule has 0 amide bonds. The van der Waals surface area contributed by atoms with Gasteiger partial charge in [-0.3, -0.25) is 4.79 Å². The van der Waals surface area contributed by atoms with Crippen molar-refractivity contribution in [1.82, 2.24) is 5.32 Å². The monoisotopic (exact) mass is 663 g/mol. The van der Waals surface area contributed by atoms with Gasteiger partial charge in [0.1, 0.15) is 15.6 Å². The van der Waals surface area contributed by atoms with E-state index in [9.17, 15) is 13.2 Å². The Morgan fingerprint density at radius 2 is 1.68 bits per heavy atom. The smallest absolute Gasteiger partial charge is 0.298 e. The zero-order valence-corrected chi connectivity index (χ0v) is 31.1. The largest absolute Gasteiger partial charge is 0.429 e. The maximum Gasteiger partial charge on any atom is 0.298 e. The first-order valence-corrected chi connectivity index (χ1v) is 20.4. The third-order valence-electron chi connectivity index (χ3n) is 15.5. The van der Waals surface area contributed by atoms with Crippen LogP contribution in [0.3, 0.4) is 0 Å². The number of ether oxygens (including phenoxy) is 1. The van der Waals surface area contributed by atoms with E-state index < -0.39 is 9.84 Å². The number of nitrogens with one attached hydrogen (secondary N) is 1. The van der Waals surface area contributed by atoms with Crippen molar-refractivity contribution in [3.63, 3.8) is 0 Å². The minimum absolute atomic E-state index is 0.0481. The second-order valence-electron chi connectivity index (χ2n) is 17.6. The maximum atomic E-state index is 12.2. The van der Waals surface area contributed by atoms with Crippen molar-refractivity contribution in [3.8, 4) is 5.75 Å². The average Bonchev–Trinajstić information content (AvgIpc) is 3.40. The topological polar surface area (TPSA) is 72.5 Å². The van der Waals surface area contributed by atoms with Crippen LogP contribution < -0.4 is 10.1 Å². The molecule has 0 aromatic heterocycles. The highest BCUT2D eigenvalue weighted by Crippen LogP contribution is 2.76. The number of benzene rings is 1. The highest BCUT2D eigenvalue weighted by molar-refractivity contribution is 7.91. The van der Waals surface area contributed by atoms with Gasteiger partial charge in [-0.25, -0.2) is 8.42 Å². The Balaban J connectivity index is 1.29. The summed E-state index contributed by atoms with van der Waals surface area (Å²) in [7, 11) is -2.94. The van der Waals surface area contributed by atoms with Crippen LogP contribution in [0.4, 0.5) is 0 Å². The molecule has 6 rings (SSSR count). The molecule has 0 unspecified atom stereocenters.